The molecule has 0 aromatic heterocycles. The van der Waals surface area contributed by atoms with Gasteiger partial charge in [-0.1, -0.05) is 38.1 Å². The van der Waals surface area contributed by atoms with E-state index in [0.29, 0.717) is 17.5 Å². The molecule has 0 heterocycles. The van der Waals surface area contributed by atoms with E-state index < -0.39 is 5.97 Å². The van der Waals surface area contributed by atoms with E-state index in [4.69, 9.17) is 0 Å². The maximum Gasteiger partial charge on any atom is 0.336 e. The summed E-state index contributed by atoms with van der Waals surface area (Å²) in [5, 5.41) is 23.4. The van der Waals surface area contributed by atoms with Crippen LogP contribution in [0.4, 0.5) is 5.69 Å². The minimum Gasteiger partial charge on any atom is -0.478 e. The van der Waals surface area contributed by atoms with Gasteiger partial charge in [-0.3, -0.25) is 0 Å². The average molecular weight is 273 g/mol. The Morgan fingerprint density at radius 2 is 1.80 bits per heavy atom. The summed E-state index contributed by atoms with van der Waals surface area (Å²) in [6, 6.07) is 10.8. The second kappa shape index (κ2) is 5.51. The Labute approximate surface area is 118 Å². The van der Waals surface area contributed by atoms with Crippen molar-refractivity contribution in [1.82, 2.24) is 0 Å². The van der Waals surface area contributed by atoms with Crippen molar-refractivity contribution in [2.24, 2.45) is 5.41 Å². The van der Waals surface area contributed by atoms with Crippen molar-refractivity contribution >= 4 is 22.4 Å². The first-order chi connectivity index (χ1) is 9.44. The molecule has 0 atom stereocenters. The molecule has 0 unspecified atom stereocenters. The Hall–Kier alpha value is -2.07. The van der Waals surface area contributed by atoms with Crippen LogP contribution in [0.25, 0.3) is 10.8 Å². The molecule has 0 bridgehead atoms. The van der Waals surface area contributed by atoms with Crippen molar-refractivity contribution in [2.45, 2.75) is 13.8 Å². The number of carboxylic acid groups (broad SMARTS) is 1. The molecule has 0 aliphatic heterocycles. The molecule has 0 amide bonds. The molecule has 20 heavy (non-hydrogen) atoms. The number of anilines is 1. The maximum absolute atomic E-state index is 11.2. The number of aliphatic hydroxyl groups excluding tert-OH is 1. The molecule has 2 aromatic rings. The quantitative estimate of drug-likeness (QED) is 0.783. The molecule has 4 nitrogen and oxygen atoms in total. The highest BCUT2D eigenvalue weighted by Gasteiger charge is 2.17. The minimum absolute atomic E-state index is 0.0884. The van der Waals surface area contributed by atoms with E-state index in [2.05, 4.69) is 5.32 Å². The van der Waals surface area contributed by atoms with Gasteiger partial charge in [0.1, 0.15) is 0 Å². The highest BCUT2D eigenvalue weighted by Crippen LogP contribution is 2.27. The van der Waals surface area contributed by atoms with Gasteiger partial charge in [-0.05, 0) is 17.5 Å². The standard InChI is InChI=1S/C16H19NO3/c1-16(2,10-18)9-17-14-8-7-13(15(19)20)11-5-3-4-6-12(11)14/h3-8,17-18H,9-10H2,1-2H3,(H,19,20). The molecular weight excluding hydrogens is 254 g/mol. The van der Waals surface area contributed by atoms with Gasteiger partial charge < -0.3 is 15.5 Å². The Morgan fingerprint density at radius 1 is 1.15 bits per heavy atom. The van der Waals surface area contributed by atoms with Gasteiger partial charge in [-0.15, -0.1) is 0 Å². The SMILES string of the molecule is CC(C)(CO)CNc1ccc(C(=O)O)c2ccccc12. The first kappa shape index (κ1) is 14.3. The van der Waals surface area contributed by atoms with Crippen LogP contribution >= 0.6 is 0 Å². The third-order valence-corrected chi connectivity index (χ3v) is 3.34. The Morgan fingerprint density at radius 3 is 2.40 bits per heavy atom. The van der Waals surface area contributed by atoms with Crippen molar-refractivity contribution < 1.29 is 15.0 Å². The van der Waals surface area contributed by atoms with Crippen molar-refractivity contribution in [1.29, 1.82) is 0 Å². The molecule has 4 heteroatoms. The zero-order chi connectivity index (χ0) is 14.8. The van der Waals surface area contributed by atoms with Gasteiger partial charge in [-0.25, -0.2) is 4.79 Å². The van der Waals surface area contributed by atoms with Gasteiger partial charge in [0.25, 0.3) is 0 Å². The van der Waals surface area contributed by atoms with E-state index in [1.54, 1.807) is 18.2 Å². The molecule has 2 aromatic carbocycles. The third kappa shape index (κ3) is 2.91. The second-order valence-electron chi connectivity index (χ2n) is 5.69. The average Bonchev–Trinajstić information content (AvgIpc) is 2.44. The normalized spacial score (nSPS) is 11.6. The van der Waals surface area contributed by atoms with Gasteiger partial charge >= 0.3 is 5.97 Å². The van der Waals surface area contributed by atoms with Crippen molar-refractivity contribution in [2.75, 3.05) is 18.5 Å². The van der Waals surface area contributed by atoms with Crippen LogP contribution < -0.4 is 5.32 Å². The lowest BCUT2D eigenvalue weighted by Crippen LogP contribution is -2.26. The largest absolute Gasteiger partial charge is 0.478 e. The summed E-state index contributed by atoms with van der Waals surface area (Å²) >= 11 is 0. The number of fused-ring (bicyclic) bond motifs is 1. The van der Waals surface area contributed by atoms with E-state index in [0.717, 1.165) is 11.1 Å². The first-order valence-electron chi connectivity index (χ1n) is 6.54. The lowest BCUT2D eigenvalue weighted by molar-refractivity contribution is 0.0699. The highest BCUT2D eigenvalue weighted by molar-refractivity contribution is 6.07. The van der Waals surface area contributed by atoms with Crippen LogP contribution in [-0.2, 0) is 0 Å². The van der Waals surface area contributed by atoms with E-state index in [1.165, 1.54) is 0 Å². The third-order valence-electron chi connectivity index (χ3n) is 3.34. The summed E-state index contributed by atoms with van der Waals surface area (Å²) in [5.41, 5.74) is 0.951. The monoisotopic (exact) mass is 273 g/mol. The Kier molecular flexibility index (Phi) is 3.95. The molecule has 0 saturated carbocycles. The summed E-state index contributed by atoms with van der Waals surface area (Å²) in [6.07, 6.45) is 0. The summed E-state index contributed by atoms with van der Waals surface area (Å²) < 4.78 is 0. The summed E-state index contributed by atoms with van der Waals surface area (Å²) in [5.74, 6) is -0.927. The topological polar surface area (TPSA) is 69.6 Å². The molecule has 2 rings (SSSR count). The number of rotatable bonds is 5. The van der Waals surface area contributed by atoms with Gasteiger partial charge in [0.05, 0.1) is 5.56 Å². The number of benzene rings is 2. The number of hydrogen-bond acceptors (Lipinski definition) is 3. The van der Waals surface area contributed by atoms with Crippen LogP contribution in [0.2, 0.25) is 0 Å². The second-order valence-corrected chi connectivity index (χ2v) is 5.69. The predicted molar refractivity (Wildman–Crippen MR) is 80.3 cm³/mol. The lowest BCUT2D eigenvalue weighted by atomic mass is 9.94. The molecule has 0 radical (unpaired) electrons. The zero-order valence-corrected chi connectivity index (χ0v) is 11.7. The number of carbonyl (C=O) groups is 1. The van der Waals surface area contributed by atoms with E-state index in [1.807, 2.05) is 32.0 Å². The molecule has 0 spiro atoms. The predicted octanol–water partition coefficient (Wildman–Crippen LogP) is 2.97. The Bertz CT molecular complexity index is 635. The molecule has 0 aliphatic carbocycles. The van der Waals surface area contributed by atoms with Crippen molar-refractivity contribution in [3.05, 3.63) is 42.0 Å². The number of hydrogen-bond donors (Lipinski definition) is 3. The van der Waals surface area contributed by atoms with Crippen molar-refractivity contribution in [3.8, 4) is 0 Å². The van der Waals surface area contributed by atoms with Gasteiger partial charge in [0.15, 0.2) is 0 Å². The van der Waals surface area contributed by atoms with E-state index in [9.17, 15) is 15.0 Å². The molecule has 0 aliphatic rings. The Balaban J connectivity index is 2.41. The van der Waals surface area contributed by atoms with Crippen LogP contribution in [0.3, 0.4) is 0 Å². The van der Waals surface area contributed by atoms with Crippen LogP contribution in [0, 0.1) is 5.41 Å². The molecule has 0 fully saturated rings. The van der Waals surface area contributed by atoms with E-state index >= 15 is 0 Å². The fourth-order valence-electron chi connectivity index (χ4n) is 2.03. The fraction of sp³-hybridized carbons (Fsp3) is 0.312. The van der Waals surface area contributed by atoms with E-state index in [-0.39, 0.29) is 12.0 Å². The highest BCUT2D eigenvalue weighted by atomic mass is 16.4. The number of aromatic carboxylic acids is 1. The first-order valence-corrected chi connectivity index (χ1v) is 6.54. The van der Waals surface area contributed by atoms with Gasteiger partial charge in [-0.2, -0.15) is 0 Å². The molecule has 0 saturated heterocycles. The molecule has 3 N–H and O–H groups in total. The maximum atomic E-state index is 11.2. The van der Waals surface area contributed by atoms with Crippen LogP contribution in [0.5, 0.6) is 0 Å². The smallest absolute Gasteiger partial charge is 0.336 e. The van der Waals surface area contributed by atoms with Crippen LogP contribution in [-0.4, -0.2) is 29.3 Å². The lowest BCUT2D eigenvalue weighted by Gasteiger charge is -2.23. The van der Waals surface area contributed by atoms with Gasteiger partial charge in [0, 0.05) is 29.6 Å². The summed E-state index contributed by atoms with van der Waals surface area (Å²) in [4.78, 5) is 11.2. The fourth-order valence-corrected chi connectivity index (χ4v) is 2.03. The molecular formula is C16H19NO3. The minimum atomic E-state index is -0.927. The zero-order valence-electron chi connectivity index (χ0n) is 11.7. The number of nitrogens with one attached hydrogen (secondary N) is 1. The molecule has 106 valence electrons. The number of aliphatic hydroxyl groups is 1. The summed E-state index contributed by atoms with van der Waals surface area (Å²) in [6.45, 7) is 4.63. The van der Waals surface area contributed by atoms with Crippen molar-refractivity contribution in [3.63, 3.8) is 0 Å². The number of carboxylic acids is 1. The summed E-state index contributed by atoms with van der Waals surface area (Å²) in [7, 11) is 0. The van der Waals surface area contributed by atoms with Gasteiger partial charge in [0.2, 0.25) is 0 Å². The van der Waals surface area contributed by atoms with Crippen LogP contribution in [0.15, 0.2) is 36.4 Å². The van der Waals surface area contributed by atoms with Crippen LogP contribution in [0.1, 0.15) is 24.2 Å².